The van der Waals surface area contributed by atoms with Crippen LogP contribution < -0.4 is 0 Å². The number of unbranched alkanes of at least 4 members (excludes halogenated alkanes) is 4. The van der Waals surface area contributed by atoms with Crippen LogP contribution in [0.3, 0.4) is 0 Å². The first-order valence-corrected chi connectivity index (χ1v) is 13.6. The normalized spacial score (nSPS) is 36.9. The van der Waals surface area contributed by atoms with E-state index in [1.165, 1.54) is 97.0 Å². The van der Waals surface area contributed by atoms with E-state index in [1.807, 2.05) is 0 Å². The monoisotopic (exact) mass is 432 g/mol. The predicted octanol–water partition coefficient (Wildman–Crippen LogP) is 7.51. The molecule has 3 aliphatic carbocycles. The van der Waals surface area contributed by atoms with E-state index >= 15 is 0 Å². The second kappa shape index (κ2) is 11.8. The van der Waals surface area contributed by atoms with E-state index in [0.29, 0.717) is 24.7 Å². The Bertz CT molecular complexity index is 569. The van der Waals surface area contributed by atoms with E-state index in [2.05, 4.69) is 6.92 Å². The van der Waals surface area contributed by atoms with Gasteiger partial charge in [-0.3, -0.25) is 9.59 Å². The van der Waals surface area contributed by atoms with Crippen LogP contribution in [-0.2, 0) is 14.3 Å². The molecule has 0 N–H and O–H groups in total. The van der Waals surface area contributed by atoms with Crippen molar-refractivity contribution < 1.29 is 14.3 Å². The minimum Gasteiger partial charge on any atom is -0.468 e. The van der Waals surface area contributed by atoms with Gasteiger partial charge in [0.2, 0.25) is 0 Å². The van der Waals surface area contributed by atoms with Crippen molar-refractivity contribution in [3.63, 3.8) is 0 Å². The standard InChI is InChI=1S/C28H48O3/c1-4-5-6-7-8-9-21-10-12-22(13-11-21)23-14-16-24(17-15-23)25-18-19-28(2,26(29)20-25)27(30)31-3/h21-25H,4-20H2,1-3H3/t21-,22-,23?,24?,25?,28-/m0/s1. The number of carbonyl (C=O) groups is 2. The number of Topliss-reactive ketones (excluding diaryl/α,β-unsaturated/α-hetero) is 1. The summed E-state index contributed by atoms with van der Waals surface area (Å²) in [7, 11) is 1.40. The molecule has 0 aromatic rings. The van der Waals surface area contributed by atoms with Crippen molar-refractivity contribution in [3.8, 4) is 0 Å². The fourth-order valence-electron chi connectivity index (χ4n) is 7.10. The summed E-state index contributed by atoms with van der Waals surface area (Å²) in [6.45, 7) is 4.08. The molecule has 3 nitrogen and oxygen atoms in total. The first-order chi connectivity index (χ1) is 15.0. The average molecular weight is 433 g/mol. The largest absolute Gasteiger partial charge is 0.468 e. The molecule has 2 atom stereocenters. The Labute approximate surface area is 191 Å². The number of carbonyl (C=O) groups excluding carboxylic acids is 2. The van der Waals surface area contributed by atoms with Gasteiger partial charge < -0.3 is 4.74 Å². The van der Waals surface area contributed by atoms with Gasteiger partial charge in [0.25, 0.3) is 0 Å². The lowest BCUT2D eigenvalue weighted by Gasteiger charge is -2.42. The number of methoxy groups -OCH3 is 1. The molecule has 3 heteroatoms. The molecule has 0 aromatic heterocycles. The fraction of sp³-hybridized carbons (Fsp3) is 0.929. The van der Waals surface area contributed by atoms with E-state index in [1.54, 1.807) is 6.92 Å². The highest BCUT2D eigenvalue weighted by Gasteiger charge is 2.47. The molecule has 0 saturated heterocycles. The number of ketones is 1. The molecule has 0 heterocycles. The quantitative estimate of drug-likeness (QED) is 0.215. The van der Waals surface area contributed by atoms with Crippen molar-refractivity contribution in [3.05, 3.63) is 0 Å². The van der Waals surface area contributed by atoms with Crippen LogP contribution in [0.5, 0.6) is 0 Å². The number of ether oxygens (including phenoxy) is 1. The molecule has 3 fully saturated rings. The summed E-state index contributed by atoms with van der Waals surface area (Å²) in [6.07, 6.45) is 22.1. The maximum atomic E-state index is 12.7. The van der Waals surface area contributed by atoms with Gasteiger partial charge in [-0.15, -0.1) is 0 Å². The van der Waals surface area contributed by atoms with Crippen molar-refractivity contribution in [1.29, 1.82) is 0 Å². The molecular formula is C28H48O3. The molecule has 0 spiro atoms. The second-order valence-corrected chi connectivity index (χ2v) is 11.4. The Kier molecular flexibility index (Phi) is 9.47. The molecule has 0 aromatic carbocycles. The summed E-state index contributed by atoms with van der Waals surface area (Å²) in [6, 6.07) is 0. The zero-order valence-electron chi connectivity index (χ0n) is 20.6. The summed E-state index contributed by atoms with van der Waals surface area (Å²) in [5.41, 5.74) is -0.892. The third kappa shape index (κ3) is 6.35. The molecule has 0 aliphatic heterocycles. The Morgan fingerprint density at radius 3 is 1.94 bits per heavy atom. The predicted molar refractivity (Wildman–Crippen MR) is 127 cm³/mol. The third-order valence-corrected chi connectivity index (χ3v) is 9.47. The summed E-state index contributed by atoms with van der Waals surface area (Å²) in [5.74, 6) is 3.87. The van der Waals surface area contributed by atoms with Crippen LogP contribution in [-0.4, -0.2) is 18.9 Å². The minimum absolute atomic E-state index is 0.116. The Hall–Kier alpha value is -0.860. The molecule has 1 unspecified atom stereocenters. The first kappa shape index (κ1) is 24.8. The lowest BCUT2D eigenvalue weighted by atomic mass is 9.62. The maximum Gasteiger partial charge on any atom is 0.319 e. The van der Waals surface area contributed by atoms with Crippen molar-refractivity contribution in [2.24, 2.45) is 35.0 Å². The summed E-state index contributed by atoms with van der Waals surface area (Å²) >= 11 is 0. The van der Waals surface area contributed by atoms with Gasteiger partial charge in [-0.25, -0.2) is 0 Å². The zero-order valence-corrected chi connectivity index (χ0v) is 20.6. The van der Waals surface area contributed by atoms with E-state index < -0.39 is 5.41 Å². The number of rotatable bonds is 9. The molecule has 178 valence electrons. The van der Waals surface area contributed by atoms with Crippen LogP contribution in [0.4, 0.5) is 0 Å². The van der Waals surface area contributed by atoms with Crippen molar-refractivity contribution in [2.75, 3.05) is 7.11 Å². The van der Waals surface area contributed by atoms with Crippen LogP contribution in [0.15, 0.2) is 0 Å². The number of esters is 1. The van der Waals surface area contributed by atoms with Gasteiger partial charge in [-0.1, -0.05) is 58.3 Å². The highest BCUT2D eigenvalue weighted by Crippen LogP contribution is 2.47. The third-order valence-electron chi connectivity index (χ3n) is 9.47. The van der Waals surface area contributed by atoms with Crippen LogP contribution >= 0.6 is 0 Å². The summed E-state index contributed by atoms with van der Waals surface area (Å²) in [5, 5.41) is 0. The number of hydrogen-bond acceptors (Lipinski definition) is 3. The Balaban J connectivity index is 1.35. The van der Waals surface area contributed by atoms with Gasteiger partial charge in [0.05, 0.1) is 7.11 Å². The highest BCUT2D eigenvalue weighted by atomic mass is 16.5. The van der Waals surface area contributed by atoms with E-state index in [9.17, 15) is 9.59 Å². The molecule has 0 amide bonds. The zero-order chi connectivity index (χ0) is 22.3. The van der Waals surface area contributed by atoms with Crippen molar-refractivity contribution in [2.45, 2.75) is 123 Å². The molecule has 31 heavy (non-hydrogen) atoms. The van der Waals surface area contributed by atoms with Crippen LogP contribution in [0.2, 0.25) is 0 Å². The van der Waals surface area contributed by atoms with Crippen LogP contribution in [0.1, 0.15) is 123 Å². The maximum absolute atomic E-state index is 12.7. The van der Waals surface area contributed by atoms with Crippen molar-refractivity contribution >= 4 is 11.8 Å². The Morgan fingerprint density at radius 2 is 1.39 bits per heavy atom. The fourth-order valence-corrected chi connectivity index (χ4v) is 7.10. The van der Waals surface area contributed by atoms with Gasteiger partial charge in [0, 0.05) is 6.42 Å². The van der Waals surface area contributed by atoms with Crippen LogP contribution in [0, 0.1) is 35.0 Å². The van der Waals surface area contributed by atoms with E-state index in [4.69, 9.17) is 4.74 Å². The molecular weight excluding hydrogens is 384 g/mol. The topological polar surface area (TPSA) is 43.4 Å². The second-order valence-electron chi connectivity index (χ2n) is 11.4. The average Bonchev–Trinajstić information content (AvgIpc) is 2.81. The Morgan fingerprint density at radius 1 is 0.839 bits per heavy atom. The highest BCUT2D eigenvalue weighted by molar-refractivity contribution is 6.03. The van der Waals surface area contributed by atoms with E-state index in [-0.39, 0.29) is 11.8 Å². The van der Waals surface area contributed by atoms with Gasteiger partial charge in [-0.05, 0) is 87.9 Å². The van der Waals surface area contributed by atoms with Gasteiger partial charge >= 0.3 is 5.97 Å². The molecule has 0 bridgehead atoms. The lowest BCUT2D eigenvalue weighted by molar-refractivity contribution is -0.160. The van der Waals surface area contributed by atoms with Gasteiger partial charge in [-0.2, -0.15) is 0 Å². The van der Waals surface area contributed by atoms with Crippen molar-refractivity contribution in [1.82, 2.24) is 0 Å². The minimum atomic E-state index is -0.892. The molecule has 3 saturated carbocycles. The SMILES string of the molecule is CCCCCCC[C@H]1CC[C@H](C2CCC(C3CC[C@](C)(C(=O)OC)C(=O)C3)CC2)CC1. The first-order valence-electron chi connectivity index (χ1n) is 13.6. The van der Waals surface area contributed by atoms with Gasteiger partial charge in [0.1, 0.15) is 11.2 Å². The van der Waals surface area contributed by atoms with E-state index in [0.717, 1.165) is 24.2 Å². The summed E-state index contributed by atoms with van der Waals surface area (Å²) < 4.78 is 4.91. The van der Waals surface area contributed by atoms with Crippen LogP contribution in [0.25, 0.3) is 0 Å². The van der Waals surface area contributed by atoms with Gasteiger partial charge in [0.15, 0.2) is 0 Å². The molecule has 3 aliphatic rings. The molecule has 3 rings (SSSR count). The molecule has 0 radical (unpaired) electrons. The smallest absolute Gasteiger partial charge is 0.319 e. The number of hydrogen-bond donors (Lipinski definition) is 0. The summed E-state index contributed by atoms with van der Waals surface area (Å²) in [4.78, 5) is 24.8. The lowest BCUT2D eigenvalue weighted by Crippen LogP contribution is -2.43.